The number of fused-ring (bicyclic) bond motifs is 1. The molecule has 266 valence electrons. The average molecular weight is 717 g/mol. The van der Waals surface area contributed by atoms with Crippen molar-refractivity contribution >= 4 is 52.8 Å². The molecule has 4 heterocycles. The molecular formula is C35H36N6O9S. The van der Waals surface area contributed by atoms with E-state index in [-0.39, 0.29) is 42.3 Å². The molecule has 0 aliphatic carbocycles. The molecule has 0 saturated carbocycles. The number of aromatic amines is 1. The van der Waals surface area contributed by atoms with Crippen LogP contribution in [-0.4, -0.2) is 95.2 Å². The normalized spacial score (nSPS) is 22.5. The van der Waals surface area contributed by atoms with Crippen LogP contribution in [0.5, 0.6) is 5.75 Å². The molecule has 3 fully saturated rings. The number of carbonyl (C=O) groups excluding carboxylic acids is 5. The van der Waals surface area contributed by atoms with Gasteiger partial charge in [0.2, 0.25) is 17.7 Å². The fraction of sp³-hybridized carbons (Fsp3) is 0.343. The summed E-state index contributed by atoms with van der Waals surface area (Å²) in [7, 11) is 0. The van der Waals surface area contributed by atoms with Gasteiger partial charge in [0.05, 0.1) is 24.8 Å². The highest BCUT2D eigenvalue weighted by Gasteiger charge is 2.66. The summed E-state index contributed by atoms with van der Waals surface area (Å²) in [5, 5.41) is 21.7. The minimum Gasteiger partial charge on any atom is -0.508 e. The molecule has 0 radical (unpaired) electrons. The highest BCUT2D eigenvalue weighted by Crippen LogP contribution is 2.52. The second-order valence-electron chi connectivity index (χ2n) is 13.2. The Labute approximate surface area is 295 Å². The van der Waals surface area contributed by atoms with E-state index >= 15 is 0 Å². The molecule has 51 heavy (non-hydrogen) atoms. The first-order chi connectivity index (χ1) is 24.1. The number of β-lactam (4-membered cyclic amide) rings is 1. The van der Waals surface area contributed by atoms with E-state index in [1.807, 2.05) is 0 Å². The zero-order valence-electron chi connectivity index (χ0n) is 27.9. The Bertz CT molecular complexity index is 2000. The number of Topliss-reactive ketones (excluding diaryl/α,β-unsaturated/α-hetero) is 1. The number of anilines is 1. The predicted octanol–water partition coefficient (Wildman–Crippen LogP) is 1.10. The summed E-state index contributed by atoms with van der Waals surface area (Å²) in [5.74, 6) is -3.63. The molecule has 3 aliphatic rings. The number of amides is 4. The molecule has 0 spiro atoms. The van der Waals surface area contributed by atoms with Crippen LogP contribution < -0.4 is 21.5 Å². The van der Waals surface area contributed by atoms with Gasteiger partial charge < -0.3 is 30.7 Å². The van der Waals surface area contributed by atoms with Crippen molar-refractivity contribution in [3.63, 3.8) is 0 Å². The average Bonchev–Trinajstić information content (AvgIpc) is 3.63. The van der Waals surface area contributed by atoms with Crippen LogP contribution in [0.15, 0.2) is 65.5 Å². The number of nitrogens with two attached hydrogens (primary N) is 1. The van der Waals surface area contributed by atoms with Gasteiger partial charge in [-0.25, -0.2) is 9.69 Å². The molecule has 16 heteroatoms. The quantitative estimate of drug-likeness (QED) is 0.197. The lowest BCUT2D eigenvalue weighted by atomic mass is 9.94. The third-order valence-corrected chi connectivity index (χ3v) is 10.9. The summed E-state index contributed by atoms with van der Waals surface area (Å²) in [4.78, 5) is 96.6. The molecular weight excluding hydrogens is 680 g/mol. The summed E-state index contributed by atoms with van der Waals surface area (Å²) in [6.45, 7) is 4.42. The Morgan fingerprint density at radius 3 is 2.25 bits per heavy atom. The van der Waals surface area contributed by atoms with Gasteiger partial charge in [0.25, 0.3) is 11.5 Å². The van der Waals surface area contributed by atoms with Gasteiger partial charge in [-0.1, -0.05) is 24.3 Å². The second kappa shape index (κ2) is 13.4. The molecule has 5 atom stereocenters. The number of aromatic nitrogens is 1. The van der Waals surface area contributed by atoms with Crippen molar-refractivity contribution in [2.24, 2.45) is 5.73 Å². The number of aliphatic carboxylic acids is 1. The monoisotopic (exact) mass is 716 g/mol. The molecule has 4 amide bonds. The van der Waals surface area contributed by atoms with Crippen LogP contribution in [0, 0.1) is 0 Å². The van der Waals surface area contributed by atoms with E-state index < -0.39 is 69.4 Å². The van der Waals surface area contributed by atoms with Crippen LogP contribution in [0.4, 0.5) is 5.69 Å². The lowest BCUT2D eigenvalue weighted by Gasteiger charge is -2.48. The Morgan fingerprint density at radius 2 is 1.69 bits per heavy atom. The number of thioether (sulfide) groups is 1. The van der Waals surface area contributed by atoms with E-state index in [1.54, 1.807) is 44.2 Å². The molecule has 2 aromatic carbocycles. The molecule has 0 bridgehead atoms. The Morgan fingerprint density at radius 1 is 1.02 bits per heavy atom. The summed E-state index contributed by atoms with van der Waals surface area (Å²) in [6.07, 6.45) is -0.00640. The molecule has 1 unspecified atom stereocenters. The molecule has 1 aromatic heterocycles. The van der Waals surface area contributed by atoms with Gasteiger partial charge in [-0.05, 0) is 61.4 Å². The summed E-state index contributed by atoms with van der Waals surface area (Å²) >= 11 is 1.26. The maximum Gasteiger partial charge on any atom is 0.327 e. The van der Waals surface area contributed by atoms with Crippen LogP contribution in [0.3, 0.4) is 0 Å². The highest BCUT2D eigenvalue weighted by molar-refractivity contribution is 8.01. The number of phenols is 1. The van der Waals surface area contributed by atoms with E-state index in [2.05, 4.69) is 10.3 Å². The maximum absolute atomic E-state index is 14.0. The number of nitrogens with zero attached hydrogens (tertiary/aromatic N) is 3. The van der Waals surface area contributed by atoms with Crippen molar-refractivity contribution in [1.82, 2.24) is 20.1 Å². The number of carboxylic acids is 1. The number of carbonyl (C=O) groups is 6. The minimum absolute atomic E-state index is 0.00640. The van der Waals surface area contributed by atoms with Crippen molar-refractivity contribution < 1.29 is 39.0 Å². The lowest BCUT2D eigenvalue weighted by molar-refractivity contribution is -0.169. The standard InChI is InChI=1S/C35H36N6O9S/c1-17(42)40(30(46)25-14-23(44)15-37-25)21-9-4-18(5-10-21)24-13-8-20(29(45)38-24)16-39(31(47)26(36)19-6-11-22(43)12-7-19)27-32(48)41-28(34(49)50)35(2,3)51-33(27)41/h4-13,25-28,33,37,43H,14-16,36H2,1-3H3,(H,38,45)(H,49,50)/t25-,26?,27+,28-,33+/m0/s1. The third kappa shape index (κ3) is 6.53. The predicted molar refractivity (Wildman–Crippen MR) is 185 cm³/mol. The summed E-state index contributed by atoms with van der Waals surface area (Å²) < 4.78 is -0.857. The molecule has 6 N–H and O–H groups in total. The number of benzene rings is 2. The van der Waals surface area contributed by atoms with Crippen molar-refractivity contribution in [2.45, 2.75) is 68.0 Å². The molecule has 15 nitrogen and oxygen atoms in total. The number of hydrogen-bond donors (Lipinski definition) is 5. The number of nitrogens with one attached hydrogen (secondary N) is 2. The Hall–Kier alpha value is -5.32. The fourth-order valence-corrected chi connectivity index (χ4v) is 8.47. The Kier molecular flexibility index (Phi) is 9.35. The van der Waals surface area contributed by atoms with Crippen molar-refractivity contribution in [3.8, 4) is 17.0 Å². The lowest BCUT2D eigenvalue weighted by Crippen LogP contribution is -2.71. The number of phenolic OH excluding ortho intramolecular Hbond substituents is 1. The molecule has 3 aliphatic heterocycles. The number of pyridine rings is 1. The first-order valence-electron chi connectivity index (χ1n) is 16.1. The van der Waals surface area contributed by atoms with E-state index in [0.717, 1.165) is 4.90 Å². The number of aromatic hydroxyl groups is 1. The van der Waals surface area contributed by atoms with Gasteiger partial charge in [-0.2, -0.15) is 0 Å². The molecule has 3 aromatic rings. The topological polar surface area (TPSA) is 224 Å². The highest BCUT2D eigenvalue weighted by atomic mass is 32.2. The van der Waals surface area contributed by atoms with Gasteiger partial charge in [-0.3, -0.25) is 34.1 Å². The van der Waals surface area contributed by atoms with E-state index in [1.165, 1.54) is 58.8 Å². The fourth-order valence-electron chi connectivity index (χ4n) is 6.77. The number of ketones is 1. The molecule has 3 saturated heterocycles. The number of imide groups is 1. The van der Waals surface area contributed by atoms with Crippen LogP contribution in [0.2, 0.25) is 0 Å². The number of H-pyrrole nitrogens is 1. The van der Waals surface area contributed by atoms with Crippen molar-refractivity contribution in [1.29, 1.82) is 0 Å². The van der Waals surface area contributed by atoms with E-state index in [0.29, 0.717) is 16.8 Å². The number of hydrogen-bond acceptors (Lipinski definition) is 11. The SMILES string of the molecule is CC(=O)N(C(=O)[C@@H]1CC(=O)CN1)c1ccc(-c2ccc(CN(C(=O)C(N)c3ccc(O)cc3)[C@@H]3C(=O)N4[C@@H]3SC(C)(C)[C@@H]4C(=O)O)c(=O)[nH]2)cc1. The summed E-state index contributed by atoms with van der Waals surface area (Å²) in [5.41, 5.74) is 7.53. The van der Waals surface area contributed by atoms with Gasteiger partial charge in [0.1, 0.15) is 35.0 Å². The zero-order chi connectivity index (χ0) is 36.9. The van der Waals surface area contributed by atoms with Gasteiger partial charge in [-0.15, -0.1) is 11.8 Å². The zero-order valence-corrected chi connectivity index (χ0v) is 28.7. The van der Waals surface area contributed by atoms with Crippen molar-refractivity contribution in [2.75, 3.05) is 11.4 Å². The van der Waals surface area contributed by atoms with Crippen LogP contribution in [-0.2, 0) is 35.3 Å². The first-order valence-corrected chi connectivity index (χ1v) is 17.0. The van der Waals surface area contributed by atoms with E-state index in [4.69, 9.17) is 5.73 Å². The first kappa shape index (κ1) is 35.5. The Balaban J connectivity index is 1.27. The smallest absolute Gasteiger partial charge is 0.327 e. The number of rotatable bonds is 9. The summed E-state index contributed by atoms with van der Waals surface area (Å²) in [6, 6.07) is 10.9. The maximum atomic E-state index is 14.0. The minimum atomic E-state index is -1.26. The third-order valence-electron chi connectivity index (χ3n) is 9.36. The van der Waals surface area contributed by atoms with Crippen LogP contribution in [0.25, 0.3) is 11.3 Å². The van der Waals surface area contributed by atoms with Gasteiger partial charge in [0, 0.05) is 29.3 Å². The van der Waals surface area contributed by atoms with E-state index in [9.17, 15) is 43.8 Å². The van der Waals surface area contributed by atoms with Crippen LogP contribution >= 0.6 is 11.8 Å². The van der Waals surface area contributed by atoms with Crippen molar-refractivity contribution in [3.05, 3.63) is 82.1 Å². The largest absolute Gasteiger partial charge is 0.508 e. The number of carboxylic acid groups (broad SMARTS) is 1. The second-order valence-corrected chi connectivity index (χ2v) is 15.0. The van der Waals surface area contributed by atoms with Gasteiger partial charge in [0.15, 0.2) is 0 Å². The molecule has 6 rings (SSSR count). The van der Waals surface area contributed by atoms with Crippen LogP contribution in [0.1, 0.15) is 44.4 Å². The van der Waals surface area contributed by atoms with Gasteiger partial charge >= 0.3 is 5.97 Å².